The Balaban J connectivity index is 2.22. The van der Waals surface area contributed by atoms with Gasteiger partial charge in [0.1, 0.15) is 0 Å². The molecule has 0 saturated carbocycles. The minimum Gasteiger partial charge on any atom is -0.342 e. The number of nitrogens with zero attached hydrogens (tertiary/aromatic N) is 2. The lowest BCUT2D eigenvalue weighted by Gasteiger charge is -2.07. The van der Waals surface area contributed by atoms with Gasteiger partial charge in [0.2, 0.25) is 0 Å². The largest absolute Gasteiger partial charge is 0.342 e. The van der Waals surface area contributed by atoms with Crippen LogP contribution in [0, 0.1) is 6.92 Å². The summed E-state index contributed by atoms with van der Waals surface area (Å²) in [4.78, 5) is 4.70. The van der Waals surface area contributed by atoms with Crippen molar-refractivity contribution in [2.75, 3.05) is 0 Å². The van der Waals surface area contributed by atoms with E-state index in [-0.39, 0.29) is 0 Å². The third-order valence-electron chi connectivity index (χ3n) is 3.98. The average molecular weight is 271 g/mol. The molecule has 0 atom stereocenters. The Morgan fingerprint density at radius 3 is 2.43 bits per heavy atom. The number of aryl methyl sites for hydroxylation is 1. The van der Waals surface area contributed by atoms with Crippen LogP contribution in [0.1, 0.15) is 5.69 Å². The van der Waals surface area contributed by atoms with E-state index >= 15 is 0 Å². The van der Waals surface area contributed by atoms with E-state index in [0.717, 1.165) is 22.5 Å². The zero-order valence-corrected chi connectivity index (χ0v) is 11.9. The molecule has 4 aromatic rings. The molecule has 0 aliphatic rings. The fourth-order valence-electron chi connectivity index (χ4n) is 3.05. The molecule has 2 nitrogen and oxygen atoms in total. The topological polar surface area (TPSA) is 17.8 Å². The summed E-state index contributed by atoms with van der Waals surface area (Å²) >= 11 is 0. The smallest absolute Gasteiger partial charge is 0.0948 e. The van der Waals surface area contributed by atoms with Gasteiger partial charge in [-0.3, -0.25) is 4.98 Å². The normalized spacial score (nSPS) is 11.3. The summed E-state index contributed by atoms with van der Waals surface area (Å²) in [6.45, 7) is 4.05. The van der Waals surface area contributed by atoms with E-state index in [0.29, 0.717) is 0 Å². The first-order chi connectivity index (χ1) is 10.3. The molecule has 0 aliphatic heterocycles. The highest BCUT2D eigenvalue weighted by Crippen LogP contribution is 2.34. The molecule has 0 spiro atoms. The molecular formula is C19H15N2. The molecule has 2 heterocycles. The van der Waals surface area contributed by atoms with Crippen LogP contribution in [0.5, 0.6) is 0 Å². The zero-order valence-electron chi connectivity index (χ0n) is 11.9. The summed E-state index contributed by atoms with van der Waals surface area (Å²) in [5, 5.41) is 2.46. The molecule has 21 heavy (non-hydrogen) atoms. The second-order valence-corrected chi connectivity index (χ2v) is 5.30. The molecule has 0 bridgehead atoms. The zero-order chi connectivity index (χ0) is 14.4. The van der Waals surface area contributed by atoms with Gasteiger partial charge in [-0.05, 0) is 19.1 Å². The van der Waals surface area contributed by atoms with Gasteiger partial charge < -0.3 is 4.57 Å². The van der Waals surface area contributed by atoms with Gasteiger partial charge in [-0.1, -0.05) is 48.5 Å². The Bertz CT molecular complexity index is 950. The highest BCUT2D eigenvalue weighted by molar-refractivity contribution is 6.12. The van der Waals surface area contributed by atoms with Crippen molar-refractivity contribution in [3.8, 4) is 11.3 Å². The third-order valence-corrected chi connectivity index (χ3v) is 3.98. The highest BCUT2D eigenvalue weighted by Gasteiger charge is 2.14. The lowest BCUT2D eigenvalue weighted by atomic mass is 10.1. The van der Waals surface area contributed by atoms with Crippen LogP contribution in [0.4, 0.5) is 0 Å². The molecule has 2 heteroatoms. The van der Waals surface area contributed by atoms with Crippen molar-refractivity contribution in [1.82, 2.24) is 9.55 Å². The van der Waals surface area contributed by atoms with Crippen molar-refractivity contribution >= 4 is 21.8 Å². The Labute approximate surface area is 123 Å². The summed E-state index contributed by atoms with van der Waals surface area (Å²) in [7, 11) is 2.10. The van der Waals surface area contributed by atoms with E-state index in [1.165, 1.54) is 16.3 Å². The number of benzene rings is 2. The van der Waals surface area contributed by atoms with Crippen molar-refractivity contribution < 1.29 is 0 Å². The summed E-state index contributed by atoms with van der Waals surface area (Å²) in [5.41, 5.74) is 5.31. The van der Waals surface area contributed by atoms with Crippen LogP contribution in [0.2, 0.25) is 0 Å². The summed E-state index contributed by atoms with van der Waals surface area (Å²) in [5.74, 6) is 0. The Hall–Kier alpha value is -2.61. The molecule has 0 unspecified atom stereocenters. The molecule has 0 aliphatic carbocycles. The summed E-state index contributed by atoms with van der Waals surface area (Å²) < 4.78 is 2.22. The summed E-state index contributed by atoms with van der Waals surface area (Å²) in [6.07, 6.45) is 0. The van der Waals surface area contributed by atoms with Crippen LogP contribution in [0.25, 0.3) is 33.1 Å². The first kappa shape index (κ1) is 12.2. The minimum absolute atomic E-state index is 0.803. The molecule has 0 fully saturated rings. The van der Waals surface area contributed by atoms with Crippen molar-refractivity contribution in [3.05, 3.63) is 73.3 Å². The maximum absolute atomic E-state index is 4.70. The quantitative estimate of drug-likeness (QED) is 0.495. The Morgan fingerprint density at radius 1 is 0.905 bits per heavy atom. The van der Waals surface area contributed by atoms with Gasteiger partial charge in [0.05, 0.1) is 11.2 Å². The molecule has 2 aromatic heterocycles. The molecule has 0 saturated heterocycles. The van der Waals surface area contributed by atoms with Gasteiger partial charge in [-0.2, -0.15) is 0 Å². The SMILES string of the molecule is [CH2]c1cc2c3ccccc3n(C)c2c(-c2ccccc2)n1. The molecular weight excluding hydrogens is 256 g/mol. The predicted octanol–water partition coefficient (Wildman–Crippen LogP) is 4.58. The molecule has 1 radical (unpaired) electrons. The van der Waals surface area contributed by atoms with Crippen molar-refractivity contribution in [2.24, 2.45) is 7.05 Å². The fourth-order valence-corrected chi connectivity index (χ4v) is 3.05. The lowest BCUT2D eigenvalue weighted by molar-refractivity contribution is 1.01. The van der Waals surface area contributed by atoms with Crippen LogP contribution in [-0.2, 0) is 7.05 Å². The molecule has 2 aromatic carbocycles. The van der Waals surface area contributed by atoms with Crippen LogP contribution in [0.15, 0.2) is 60.7 Å². The molecule has 0 amide bonds. The number of rotatable bonds is 1. The van der Waals surface area contributed by atoms with Gasteiger partial charge >= 0.3 is 0 Å². The first-order valence-electron chi connectivity index (χ1n) is 7.01. The van der Waals surface area contributed by atoms with Gasteiger partial charge in [0, 0.05) is 34.6 Å². The second-order valence-electron chi connectivity index (χ2n) is 5.30. The molecule has 101 valence electrons. The highest BCUT2D eigenvalue weighted by atomic mass is 15.0. The number of hydrogen-bond acceptors (Lipinski definition) is 1. The first-order valence-corrected chi connectivity index (χ1v) is 7.01. The number of hydrogen-bond donors (Lipinski definition) is 0. The monoisotopic (exact) mass is 271 g/mol. The van der Waals surface area contributed by atoms with Gasteiger partial charge in [0.15, 0.2) is 0 Å². The average Bonchev–Trinajstić information content (AvgIpc) is 2.81. The predicted molar refractivity (Wildman–Crippen MR) is 88.1 cm³/mol. The second kappa shape index (κ2) is 4.45. The van der Waals surface area contributed by atoms with Gasteiger partial charge in [0.25, 0.3) is 0 Å². The number of pyridine rings is 1. The van der Waals surface area contributed by atoms with Crippen LogP contribution >= 0.6 is 0 Å². The van der Waals surface area contributed by atoms with E-state index in [1.54, 1.807) is 0 Å². The van der Waals surface area contributed by atoms with Crippen molar-refractivity contribution in [2.45, 2.75) is 0 Å². The van der Waals surface area contributed by atoms with E-state index in [1.807, 2.05) is 18.2 Å². The minimum atomic E-state index is 0.803. The molecule has 4 rings (SSSR count). The maximum Gasteiger partial charge on any atom is 0.0948 e. The Kier molecular flexibility index (Phi) is 2.58. The van der Waals surface area contributed by atoms with E-state index in [2.05, 4.69) is 61.0 Å². The van der Waals surface area contributed by atoms with Crippen LogP contribution < -0.4 is 0 Å². The van der Waals surface area contributed by atoms with E-state index in [9.17, 15) is 0 Å². The molecule has 0 N–H and O–H groups in total. The van der Waals surface area contributed by atoms with Crippen LogP contribution in [-0.4, -0.2) is 9.55 Å². The van der Waals surface area contributed by atoms with E-state index < -0.39 is 0 Å². The standard InChI is InChI=1S/C19H15N2/c1-13-12-16-15-10-6-7-11-17(15)21(2)19(16)18(20-13)14-8-4-3-5-9-14/h3-12H,1H2,2H3. The maximum atomic E-state index is 4.70. The third kappa shape index (κ3) is 1.76. The lowest BCUT2D eigenvalue weighted by Crippen LogP contribution is -1.94. The van der Waals surface area contributed by atoms with Gasteiger partial charge in [-0.25, -0.2) is 0 Å². The number of para-hydroxylation sites is 1. The van der Waals surface area contributed by atoms with Gasteiger partial charge in [-0.15, -0.1) is 0 Å². The number of fused-ring (bicyclic) bond motifs is 3. The van der Waals surface area contributed by atoms with E-state index in [4.69, 9.17) is 4.98 Å². The van der Waals surface area contributed by atoms with Crippen LogP contribution in [0.3, 0.4) is 0 Å². The fraction of sp³-hybridized carbons (Fsp3) is 0.0526. The summed E-state index contributed by atoms with van der Waals surface area (Å²) in [6, 6.07) is 20.8. The van der Waals surface area contributed by atoms with Crippen molar-refractivity contribution in [3.63, 3.8) is 0 Å². The number of aromatic nitrogens is 2. The Morgan fingerprint density at radius 2 is 1.62 bits per heavy atom. The van der Waals surface area contributed by atoms with Crippen molar-refractivity contribution in [1.29, 1.82) is 0 Å².